The van der Waals surface area contributed by atoms with E-state index in [2.05, 4.69) is 22.1 Å². The molecule has 1 unspecified atom stereocenters. The normalized spacial score (nSPS) is 12.4. The number of nitrogens with one attached hydrogen (secondary N) is 1. The van der Waals surface area contributed by atoms with Gasteiger partial charge in [-0.1, -0.05) is 41.8 Å². The van der Waals surface area contributed by atoms with E-state index in [1.807, 2.05) is 20.8 Å². The standard InChI is InChI=1S/C15H19N3O2S3/c1-6-21-14-17-18-15(23-14)22-10(5)13(20)12-7(2)11(9(4)19)8(3)16-12/h10,16H,6H2,1-5H3. The fourth-order valence-corrected chi connectivity index (χ4v) is 5.48. The lowest BCUT2D eigenvalue weighted by Crippen LogP contribution is -2.15. The first-order chi connectivity index (χ1) is 10.8. The molecule has 2 aromatic heterocycles. The number of ketones is 2. The molecule has 2 aromatic rings. The van der Waals surface area contributed by atoms with Crippen LogP contribution in [-0.2, 0) is 0 Å². The van der Waals surface area contributed by atoms with Gasteiger partial charge < -0.3 is 4.98 Å². The highest BCUT2D eigenvalue weighted by molar-refractivity contribution is 8.03. The van der Waals surface area contributed by atoms with Crippen molar-refractivity contribution in [2.75, 3.05) is 5.75 Å². The molecule has 0 saturated carbocycles. The van der Waals surface area contributed by atoms with E-state index in [1.54, 1.807) is 11.8 Å². The van der Waals surface area contributed by atoms with E-state index in [0.29, 0.717) is 11.3 Å². The number of nitrogens with zero attached hydrogens (tertiary/aromatic N) is 2. The van der Waals surface area contributed by atoms with E-state index in [1.165, 1.54) is 30.0 Å². The number of carbonyl (C=O) groups excluding carboxylic acids is 2. The fraction of sp³-hybridized carbons (Fsp3) is 0.467. The molecule has 8 heteroatoms. The lowest BCUT2D eigenvalue weighted by molar-refractivity contribution is 0.0988. The third-order valence-corrected chi connectivity index (χ3v) is 6.46. The van der Waals surface area contributed by atoms with Gasteiger partial charge in [0.1, 0.15) is 0 Å². The highest BCUT2D eigenvalue weighted by Gasteiger charge is 2.25. The Morgan fingerprint density at radius 1 is 1.26 bits per heavy atom. The van der Waals surface area contributed by atoms with Crippen molar-refractivity contribution in [2.24, 2.45) is 0 Å². The number of thioether (sulfide) groups is 2. The van der Waals surface area contributed by atoms with E-state index in [9.17, 15) is 9.59 Å². The molecule has 0 aliphatic rings. The number of Topliss-reactive ketones (excluding diaryl/α,β-unsaturated/α-hetero) is 2. The summed E-state index contributed by atoms with van der Waals surface area (Å²) in [6, 6.07) is 0. The van der Waals surface area contributed by atoms with Crippen molar-refractivity contribution < 1.29 is 9.59 Å². The van der Waals surface area contributed by atoms with Crippen LogP contribution in [0.2, 0.25) is 0 Å². The zero-order chi connectivity index (χ0) is 17.1. The topological polar surface area (TPSA) is 75.7 Å². The molecule has 0 aliphatic carbocycles. The van der Waals surface area contributed by atoms with E-state index in [0.717, 1.165) is 25.7 Å². The summed E-state index contributed by atoms with van der Waals surface area (Å²) < 4.78 is 1.70. The summed E-state index contributed by atoms with van der Waals surface area (Å²) in [4.78, 5) is 27.4. The molecule has 0 radical (unpaired) electrons. The van der Waals surface area contributed by atoms with Crippen LogP contribution in [0.4, 0.5) is 0 Å². The number of hydrogen-bond acceptors (Lipinski definition) is 7. The Hall–Kier alpha value is -1.12. The van der Waals surface area contributed by atoms with Crippen LogP contribution < -0.4 is 0 Å². The first-order valence-electron chi connectivity index (χ1n) is 7.22. The van der Waals surface area contributed by atoms with E-state index >= 15 is 0 Å². The molecule has 2 rings (SSSR count). The minimum absolute atomic E-state index is 0.0250. The van der Waals surface area contributed by atoms with Crippen LogP contribution in [-0.4, -0.2) is 37.8 Å². The summed E-state index contributed by atoms with van der Waals surface area (Å²) >= 11 is 4.55. The molecule has 0 amide bonds. The molecular weight excluding hydrogens is 350 g/mol. The van der Waals surface area contributed by atoms with Crippen molar-refractivity contribution in [3.05, 3.63) is 22.5 Å². The molecule has 0 bridgehead atoms. The van der Waals surface area contributed by atoms with Gasteiger partial charge in [-0.15, -0.1) is 10.2 Å². The highest BCUT2D eigenvalue weighted by Crippen LogP contribution is 2.32. The molecule has 1 N–H and O–H groups in total. The van der Waals surface area contributed by atoms with Gasteiger partial charge in [-0.3, -0.25) is 9.59 Å². The maximum atomic E-state index is 12.7. The summed E-state index contributed by atoms with van der Waals surface area (Å²) in [5.41, 5.74) is 2.60. The summed E-state index contributed by atoms with van der Waals surface area (Å²) in [6.45, 7) is 9.06. The average Bonchev–Trinajstić information content (AvgIpc) is 3.02. The number of carbonyl (C=O) groups is 2. The quantitative estimate of drug-likeness (QED) is 0.583. The SMILES string of the molecule is CCSc1nnc(SC(C)C(=O)c2[nH]c(C)c(C(C)=O)c2C)s1. The van der Waals surface area contributed by atoms with Gasteiger partial charge in [-0.2, -0.15) is 0 Å². The average molecular weight is 370 g/mol. The Morgan fingerprint density at radius 2 is 1.91 bits per heavy atom. The van der Waals surface area contributed by atoms with Gasteiger partial charge in [0.05, 0.1) is 10.9 Å². The lowest BCUT2D eigenvalue weighted by Gasteiger charge is -2.07. The van der Waals surface area contributed by atoms with Gasteiger partial charge >= 0.3 is 0 Å². The maximum absolute atomic E-state index is 12.7. The molecular formula is C15H19N3O2S3. The molecule has 2 heterocycles. The van der Waals surface area contributed by atoms with Crippen molar-refractivity contribution in [1.29, 1.82) is 0 Å². The van der Waals surface area contributed by atoms with Crippen molar-refractivity contribution in [3.63, 3.8) is 0 Å². The minimum Gasteiger partial charge on any atom is -0.355 e. The van der Waals surface area contributed by atoms with Gasteiger partial charge in [0.2, 0.25) is 0 Å². The Balaban J connectivity index is 2.16. The zero-order valence-electron chi connectivity index (χ0n) is 13.7. The largest absolute Gasteiger partial charge is 0.355 e. The number of aromatic amines is 1. The van der Waals surface area contributed by atoms with Gasteiger partial charge in [0.15, 0.2) is 20.2 Å². The molecule has 23 heavy (non-hydrogen) atoms. The van der Waals surface area contributed by atoms with Gasteiger partial charge in [0, 0.05) is 11.3 Å². The summed E-state index contributed by atoms with van der Waals surface area (Å²) in [5.74, 6) is 0.895. The second-order valence-corrected chi connectivity index (χ2v) is 9.15. The first-order valence-corrected chi connectivity index (χ1v) is 9.90. The van der Waals surface area contributed by atoms with E-state index in [4.69, 9.17) is 0 Å². The Morgan fingerprint density at radius 3 is 2.48 bits per heavy atom. The van der Waals surface area contributed by atoms with Gasteiger partial charge in [-0.05, 0) is 39.0 Å². The van der Waals surface area contributed by atoms with Crippen LogP contribution in [0.5, 0.6) is 0 Å². The Labute approximate surface area is 148 Å². The van der Waals surface area contributed by atoms with E-state index < -0.39 is 0 Å². The van der Waals surface area contributed by atoms with Crippen LogP contribution >= 0.6 is 34.9 Å². The predicted molar refractivity (Wildman–Crippen MR) is 96.2 cm³/mol. The molecule has 0 saturated heterocycles. The van der Waals surface area contributed by atoms with Crippen LogP contribution in [0.1, 0.15) is 52.9 Å². The van der Waals surface area contributed by atoms with Crippen LogP contribution in [0.3, 0.4) is 0 Å². The van der Waals surface area contributed by atoms with Crippen molar-refractivity contribution >= 4 is 46.4 Å². The van der Waals surface area contributed by atoms with Crippen LogP contribution in [0, 0.1) is 13.8 Å². The fourth-order valence-electron chi connectivity index (χ4n) is 2.36. The monoisotopic (exact) mass is 369 g/mol. The van der Waals surface area contributed by atoms with Crippen molar-refractivity contribution in [3.8, 4) is 0 Å². The van der Waals surface area contributed by atoms with Crippen LogP contribution in [0.15, 0.2) is 8.68 Å². The van der Waals surface area contributed by atoms with Gasteiger partial charge in [-0.25, -0.2) is 0 Å². The molecule has 5 nitrogen and oxygen atoms in total. The zero-order valence-corrected chi connectivity index (χ0v) is 16.2. The Kier molecular flexibility index (Phi) is 6.05. The summed E-state index contributed by atoms with van der Waals surface area (Å²) in [5, 5.41) is 7.92. The number of hydrogen-bond donors (Lipinski definition) is 1. The number of H-pyrrole nitrogens is 1. The van der Waals surface area contributed by atoms with Gasteiger partial charge in [0.25, 0.3) is 0 Å². The van der Waals surface area contributed by atoms with Crippen molar-refractivity contribution in [2.45, 2.75) is 48.5 Å². The second-order valence-electron chi connectivity index (χ2n) is 5.07. The third kappa shape index (κ3) is 4.05. The lowest BCUT2D eigenvalue weighted by atomic mass is 10.0. The van der Waals surface area contributed by atoms with Crippen LogP contribution in [0.25, 0.3) is 0 Å². The first kappa shape index (κ1) is 18.2. The molecule has 0 spiro atoms. The highest BCUT2D eigenvalue weighted by atomic mass is 32.2. The molecule has 0 aliphatic heterocycles. The minimum atomic E-state index is -0.293. The molecule has 124 valence electrons. The smallest absolute Gasteiger partial charge is 0.192 e. The number of rotatable bonds is 7. The number of aromatic nitrogens is 3. The summed E-state index contributed by atoms with van der Waals surface area (Å²) in [6.07, 6.45) is 0. The molecule has 1 atom stereocenters. The number of aryl methyl sites for hydroxylation is 1. The summed E-state index contributed by atoms with van der Waals surface area (Å²) in [7, 11) is 0. The second kappa shape index (κ2) is 7.63. The maximum Gasteiger partial charge on any atom is 0.192 e. The predicted octanol–water partition coefficient (Wildman–Crippen LogP) is 4.16. The molecule has 0 aromatic carbocycles. The van der Waals surface area contributed by atoms with E-state index in [-0.39, 0.29) is 16.8 Å². The van der Waals surface area contributed by atoms with Crippen molar-refractivity contribution in [1.82, 2.24) is 15.2 Å². The molecule has 0 fully saturated rings. The Bertz CT molecular complexity index is 736. The third-order valence-electron chi connectivity index (χ3n) is 3.34.